The molecule has 1 N–H and O–H groups in total. The van der Waals surface area contributed by atoms with Crippen LogP contribution in [-0.2, 0) is 11.3 Å². The van der Waals surface area contributed by atoms with Crippen molar-refractivity contribution in [3.63, 3.8) is 0 Å². The molecule has 7 nitrogen and oxygen atoms in total. The van der Waals surface area contributed by atoms with E-state index in [2.05, 4.69) is 4.99 Å². The molecule has 1 saturated heterocycles. The van der Waals surface area contributed by atoms with Crippen molar-refractivity contribution in [3.8, 4) is 0 Å². The van der Waals surface area contributed by atoms with Gasteiger partial charge in [-0.25, -0.2) is 9.37 Å². The van der Waals surface area contributed by atoms with Gasteiger partial charge in [-0.3, -0.25) is 14.6 Å². The molecule has 0 aliphatic carbocycles. The Balaban J connectivity index is 1.98. The number of likely N-dealkylation sites (N-methyl/N-ethyl adjacent to an activating group) is 2. The van der Waals surface area contributed by atoms with Crippen molar-refractivity contribution in [1.29, 1.82) is 0 Å². The lowest BCUT2D eigenvalue weighted by Crippen LogP contribution is -2.61. The molecule has 3 rings (SSSR count). The molecule has 1 fully saturated rings. The topological polar surface area (TPSA) is 76.2 Å². The second-order valence-corrected chi connectivity index (χ2v) is 7.51. The van der Waals surface area contributed by atoms with Gasteiger partial charge >= 0.3 is 11.2 Å². The van der Waals surface area contributed by atoms with E-state index >= 15 is 0 Å². The number of rotatable bonds is 5. The van der Waals surface area contributed by atoms with Crippen LogP contribution in [0.25, 0.3) is 0 Å². The second kappa shape index (κ2) is 7.77. The molecule has 0 spiro atoms. The van der Waals surface area contributed by atoms with Crippen LogP contribution < -0.4 is 0 Å². The SMILES string of the molecule is CN1C(=O)C2C(=NC(SCCCO)=[N+]2Cc2ccccc2Cl)N(C)C1=O. The number of carbonyl (C=O) groups excluding carboxylic acids is 2. The predicted molar refractivity (Wildman–Crippen MR) is 102 cm³/mol. The lowest BCUT2D eigenvalue weighted by Gasteiger charge is -2.30. The third-order valence-electron chi connectivity index (χ3n) is 4.33. The average Bonchev–Trinajstić information content (AvgIpc) is 2.99. The maximum atomic E-state index is 12.8. The molecule has 9 heteroatoms. The normalized spacial score (nSPS) is 20.0. The van der Waals surface area contributed by atoms with Crippen molar-refractivity contribution in [2.75, 3.05) is 26.5 Å². The van der Waals surface area contributed by atoms with Gasteiger partial charge < -0.3 is 5.11 Å². The molecule has 0 saturated carbocycles. The molecule has 0 bridgehead atoms. The zero-order valence-electron chi connectivity index (χ0n) is 14.6. The van der Waals surface area contributed by atoms with Crippen molar-refractivity contribution in [2.45, 2.75) is 19.0 Å². The van der Waals surface area contributed by atoms with Gasteiger partial charge in [0, 0.05) is 37.0 Å². The number of aliphatic imine (C=N–C) groups is 1. The minimum atomic E-state index is -0.657. The first-order valence-corrected chi connectivity index (χ1v) is 9.56. The monoisotopic (exact) mass is 395 g/mol. The van der Waals surface area contributed by atoms with Gasteiger partial charge in [-0.1, -0.05) is 29.8 Å². The lowest BCUT2D eigenvalue weighted by molar-refractivity contribution is -0.548. The largest absolute Gasteiger partial charge is 0.396 e. The van der Waals surface area contributed by atoms with Crippen LogP contribution in [-0.4, -0.2) is 74.9 Å². The van der Waals surface area contributed by atoms with Gasteiger partial charge in [0.05, 0.1) is 0 Å². The molecule has 2 heterocycles. The van der Waals surface area contributed by atoms with Crippen LogP contribution >= 0.6 is 23.4 Å². The van der Waals surface area contributed by atoms with Crippen LogP contribution in [0.5, 0.6) is 0 Å². The van der Waals surface area contributed by atoms with E-state index in [0.29, 0.717) is 34.7 Å². The minimum absolute atomic E-state index is 0.0881. The Kier molecular flexibility index (Phi) is 5.64. The first-order valence-electron chi connectivity index (χ1n) is 8.20. The molecule has 1 unspecified atom stereocenters. The standard InChI is InChI=1S/C17H20ClN4O3S/c1-20-14-13(15(24)21(2)17(20)25)22(16(19-14)26-9-5-8-23)10-11-6-3-4-7-12(11)18/h3-4,6-7,13,23H,5,8-10H2,1-2H3/q+1. The number of fused-ring (bicyclic) bond motifs is 1. The van der Waals surface area contributed by atoms with E-state index in [9.17, 15) is 9.59 Å². The summed E-state index contributed by atoms with van der Waals surface area (Å²) in [6.07, 6.45) is 0.617. The number of aliphatic hydroxyl groups excluding tert-OH is 1. The van der Waals surface area contributed by atoms with E-state index in [0.717, 1.165) is 10.5 Å². The Morgan fingerprint density at radius 1 is 1.27 bits per heavy atom. The Morgan fingerprint density at radius 3 is 2.69 bits per heavy atom. The third-order valence-corrected chi connectivity index (χ3v) is 5.77. The van der Waals surface area contributed by atoms with E-state index in [1.165, 1.54) is 23.7 Å². The first kappa shape index (κ1) is 18.9. The number of aliphatic hydroxyl groups is 1. The Bertz CT molecular complexity index is 811. The maximum Gasteiger partial charge on any atom is 0.358 e. The number of carbonyl (C=O) groups is 2. The van der Waals surface area contributed by atoms with E-state index in [4.69, 9.17) is 16.7 Å². The van der Waals surface area contributed by atoms with E-state index in [1.54, 1.807) is 13.1 Å². The average molecular weight is 396 g/mol. The number of thioether (sulfide) groups is 1. The van der Waals surface area contributed by atoms with Crippen LogP contribution in [0.4, 0.5) is 4.79 Å². The highest BCUT2D eigenvalue weighted by Crippen LogP contribution is 2.26. The summed E-state index contributed by atoms with van der Waals surface area (Å²) >= 11 is 7.75. The Labute approximate surface area is 160 Å². The lowest BCUT2D eigenvalue weighted by atomic mass is 10.1. The van der Waals surface area contributed by atoms with Crippen LogP contribution in [0.15, 0.2) is 29.3 Å². The summed E-state index contributed by atoms with van der Waals surface area (Å²) in [5.74, 6) is 0.782. The van der Waals surface area contributed by atoms with Crippen molar-refractivity contribution in [3.05, 3.63) is 34.9 Å². The first-order chi connectivity index (χ1) is 12.5. The van der Waals surface area contributed by atoms with Gasteiger partial charge in [0.2, 0.25) is 0 Å². The number of urea groups is 1. The molecule has 1 aromatic carbocycles. The number of halogens is 1. The number of nitrogens with zero attached hydrogens (tertiary/aromatic N) is 4. The van der Waals surface area contributed by atoms with Gasteiger partial charge in [-0.05, 0) is 29.2 Å². The smallest absolute Gasteiger partial charge is 0.358 e. The minimum Gasteiger partial charge on any atom is -0.396 e. The third kappa shape index (κ3) is 3.36. The van der Waals surface area contributed by atoms with Crippen LogP contribution in [0, 0.1) is 0 Å². The fraction of sp³-hybridized carbons (Fsp3) is 0.412. The number of amidine groups is 2. The zero-order chi connectivity index (χ0) is 18.8. The molecule has 1 atom stereocenters. The number of hydrogen-bond acceptors (Lipinski definition) is 5. The van der Waals surface area contributed by atoms with Crippen LogP contribution in [0.2, 0.25) is 5.02 Å². The van der Waals surface area contributed by atoms with Crippen LogP contribution in [0.1, 0.15) is 12.0 Å². The molecular formula is C17H20ClN4O3S+. The van der Waals surface area contributed by atoms with Gasteiger partial charge in [-0.15, -0.1) is 0 Å². The second-order valence-electron chi connectivity index (χ2n) is 6.04. The van der Waals surface area contributed by atoms with E-state index in [1.807, 2.05) is 22.8 Å². The molecule has 3 amide bonds. The highest BCUT2D eigenvalue weighted by molar-refractivity contribution is 8.13. The summed E-state index contributed by atoms with van der Waals surface area (Å²) in [5, 5.41) is 10.3. The molecule has 26 heavy (non-hydrogen) atoms. The molecule has 1 aromatic rings. The van der Waals surface area contributed by atoms with Gasteiger partial charge in [0.1, 0.15) is 6.54 Å². The molecule has 0 aromatic heterocycles. The number of amides is 3. The summed E-state index contributed by atoms with van der Waals surface area (Å²) in [4.78, 5) is 32.1. The van der Waals surface area contributed by atoms with Gasteiger partial charge in [0.25, 0.3) is 17.8 Å². The fourth-order valence-corrected chi connectivity index (χ4v) is 4.03. The molecule has 2 aliphatic rings. The van der Waals surface area contributed by atoms with Gasteiger partial charge in [0.15, 0.2) is 0 Å². The van der Waals surface area contributed by atoms with Crippen molar-refractivity contribution < 1.29 is 19.3 Å². The van der Waals surface area contributed by atoms with E-state index in [-0.39, 0.29) is 12.5 Å². The van der Waals surface area contributed by atoms with Gasteiger partial charge in [-0.2, -0.15) is 0 Å². The van der Waals surface area contributed by atoms with Crippen LogP contribution in [0.3, 0.4) is 0 Å². The molecule has 2 aliphatic heterocycles. The number of benzene rings is 1. The number of hydrogen-bond donors (Lipinski definition) is 1. The Hall–Kier alpha value is -1.90. The quantitative estimate of drug-likeness (QED) is 0.607. The zero-order valence-corrected chi connectivity index (χ0v) is 16.1. The van der Waals surface area contributed by atoms with Crippen molar-refractivity contribution in [2.24, 2.45) is 4.99 Å². The summed E-state index contributed by atoms with van der Waals surface area (Å²) in [6, 6.07) is 6.40. The van der Waals surface area contributed by atoms with Crippen molar-refractivity contribution >= 4 is 46.3 Å². The number of imide groups is 1. The highest BCUT2D eigenvalue weighted by Gasteiger charge is 2.53. The highest BCUT2D eigenvalue weighted by atomic mass is 35.5. The molecule has 138 valence electrons. The molecular weight excluding hydrogens is 376 g/mol. The summed E-state index contributed by atoms with van der Waals surface area (Å²) in [7, 11) is 3.09. The molecule has 0 radical (unpaired) electrons. The fourth-order valence-electron chi connectivity index (χ4n) is 2.89. The summed E-state index contributed by atoms with van der Waals surface area (Å²) in [5.41, 5.74) is 0.876. The summed E-state index contributed by atoms with van der Waals surface area (Å²) < 4.78 is 1.88. The van der Waals surface area contributed by atoms with Crippen molar-refractivity contribution in [1.82, 2.24) is 9.80 Å². The predicted octanol–water partition coefficient (Wildman–Crippen LogP) is 1.63. The summed E-state index contributed by atoms with van der Waals surface area (Å²) in [6.45, 7) is 0.491. The Morgan fingerprint density at radius 2 is 2.00 bits per heavy atom. The van der Waals surface area contributed by atoms with E-state index < -0.39 is 12.1 Å². The maximum absolute atomic E-state index is 12.8.